The topological polar surface area (TPSA) is 3.24 Å². The van der Waals surface area contributed by atoms with Crippen molar-refractivity contribution < 1.29 is 0 Å². The molecule has 1 aromatic heterocycles. The molecule has 73 heavy (non-hydrogen) atoms. The van der Waals surface area contributed by atoms with Crippen LogP contribution in [-0.4, -0.2) is 0 Å². The molecule has 1 heterocycles. The van der Waals surface area contributed by atoms with Crippen LogP contribution < -0.4 is 4.90 Å². The maximum absolute atomic E-state index is 2.45. The number of thiophene rings is 1. The number of nitrogens with zero attached hydrogens (tertiary/aromatic N) is 1. The van der Waals surface area contributed by atoms with E-state index in [-0.39, 0.29) is 0 Å². The van der Waals surface area contributed by atoms with Gasteiger partial charge >= 0.3 is 0 Å². The molecule has 0 aliphatic heterocycles. The molecule has 0 fully saturated rings. The lowest BCUT2D eigenvalue weighted by atomic mass is 9.67. The van der Waals surface area contributed by atoms with Crippen molar-refractivity contribution in [3.63, 3.8) is 0 Å². The van der Waals surface area contributed by atoms with E-state index in [1.165, 1.54) is 97.7 Å². The first-order valence-corrected chi connectivity index (χ1v) is 26.0. The maximum atomic E-state index is 2.45. The Bertz CT molecular complexity index is 4140. The van der Waals surface area contributed by atoms with E-state index in [0.717, 1.165) is 28.2 Å². The Kier molecular flexibility index (Phi) is 10.3. The zero-order valence-corrected chi connectivity index (χ0v) is 40.8. The van der Waals surface area contributed by atoms with Crippen LogP contribution in [0.25, 0.3) is 86.6 Å². The number of anilines is 3. The summed E-state index contributed by atoms with van der Waals surface area (Å²) in [6, 6.07) is 105. The van der Waals surface area contributed by atoms with E-state index in [1.54, 1.807) is 0 Å². The number of para-hydroxylation sites is 1. The Morgan fingerprint density at radius 3 is 1.52 bits per heavy atom. The predicted molar refractivity (Wildman–Crippen MR) is 311 cm³/mol. The molecule has 0 saturated heterocycles. The average Bonchev–Trinajstić information content (AvgIpc) is 3.99. The standard InChI is InChI=1S/C71H47NS/c1-3-21-55(22-4-1)71(56-23-5-2-6-24-56)66-30-12-9-27-62(66)63-43-37-52(47-67(63)71)49-35-41-58(42-36-49)72(57-39-33-48(34-40-57)51-38-44-70-65(46-51)64-28-11-14-32-69(64)73-70)68-31-13-10-26-61(68)54-20-15-19-53(45-54)60-29-16-18-50-17-7-8-25-59(50)60/h1-47H. The largest absolute Gasteiger partial charge is 0.310 e. The molecule has 0 saturated carbocycles. The number of benzene rings is 12. The van der Waals surface area contributed by atoms with Crippen LogP contribution >= 0.6 is 11.3 Å². The van der Waals surface area contributed by atoms with Gasteiger partial charge < -0.3 is 4.90 Å². The lowest BCUT2D eigenvalue weighted by Crippen LogP contribution is -2.28. The van der Waals surface area contributed by atoms with Crippen LogP contribution in [0.4, 0.5) is 17.1 Å². The highest BCUT2D eigenvalue weighted by Crippen LogP contribution is 2.57. The molecule has 0 bridgehead atoms. The zero-order chi connectivity index (χ0) is 48.3. The van der Waals surface area contributed by atoms with E-state index in [9.17, 15) is 0 Å². The van der Waals surface area contributed by atoms with Crippen LogP contribution in [0.15, 0.2) is 285 Å². The van der Waals surface area contributed by atoms with Gasteiger partial charge in [-0.05, 0) is 144 Å². The summed E-state index contributed by atoms with van der Waals surface area (Å²) < 4.78 is 2.64. The van der Waals surface area contributed by atoms with Crippen molar-refractivity contribution in [1.82, 2.24) is 0 Å². The van der Waals surface area contributed by atoms with E-state index < -0.39 is 5.41 Å². The van der Waals surface area contributed by atoms with E-state index in [2.05, 4.69) is 290 Å². The predicted octanol–water partition coefficient (Wildman–Crippen LogP) is 19.7. The molecule has 0 spiro atoms. The second kappa shape index (κ2) is 17.6. The second-order valence-electron chi connectivity index (χ2n) is 19.2. The van der Waals surface area contributed by atoms with Gasteiger partial charge in [0.2, 0.25) is 0 Å². The molecule has 0 N–H and O–H groups in total. The lowest BCUT2D eigenvalue weighted by Gasteiger charge is -2.34. The minimum atomic E-state index is -0.467. The minimum Gasteiger partial charge on any atom is -0.310 e. The van der Waals surface area contributed by atoms with Crippen LogP contribution in [0, 0.1) is 0 Å². The van der Waals surface area contributed by atoms with Crippen molar-refractivity contribution in [3.05, 3.63) is 307 Å². The van der Waals surface area contributed by atoms with Gasteiger partial charge in [-0.3, -0.25) is 0 Å². The minimum absolute atomic E-state index is 0.467. The summed E-state index contributed by atoms with van der Waals surface area (Å²) >= 11 is 1.86. The molecule has 14 rings (SSSR count). The van der Waals surface area contributed by atoms with Gasteiger partial charge in [0.25, 0.3) is 0 Å². The SMILES string of the molecule is c1ccc(C2(c3ccccc3)c3ccccc3-c3ccc(-c4ccc(N(c5ccc(-c6ccc7sc8ccccc8c7c6)cc5)c5ccccc5-c5cccc(-c6cccc7ccccc67)c5)cc4)cc32)cc1. The Morgan fingerprint density at radius 2 is 0.781 bits per heavy atom. The first-order valence-electron chi connectivity index (χ1n) is 25.1. The summed E-state index contributed by atoms with van der Waals surface area (Å²) in [4.78, 5) is 2.43. The quantitative estimate of drug-likeness (QED) is 0.139. The summed E-state index contributed by atoms with van der Waals surface area (Å²) in [6.45, 7) is 0. The normalized spacial score (nSPS) is 12.5. The van der Waals surface area contributed by atoms with Gasteiger partial charge in [0.05, 0.1) is 11.1 Å². The van der Waals surface area contributed by atoms with Crippen molar-refractivity contribution in [2.75, 3.05) is 4.90 Å². The fraction of sp³-hybridized carbons (Fsp3) is 0.0141. The van der Waals surface area contributed by atoms with Crippen molar-refractivity contribution in [3.8, 4) is 55.6 Å². The van der Waals surface area contributed by atoms with Gasteiger partial charge in [0.1, 0.15) is 0 Å². The Hall–Kier alpha value is -9.08. The third-order valence-corrected chi connectivity index (χ3v) is 16.3. The Labute approximate surface area is 430 Å². The molecule has 2 heteroatoms. The van der Waals surface area contributed by atoms with Gasteiger partial charge in [-0.1, -0.05) is 224 Å². The van der Waals surface area contributed by atoms with Crippen LogP contribution in [0.3, 0.4) is 0 Å². The lowest BCUT2D eigenvalue weighted by molar-refractivity contribution is 0.769. The molecule has 12 aromatic carbocycles. The van der Waals surface area contributed by atoms with Crippen molar-refractivity contribution in [1.29, 1.82) is 0 Å². The van der Waals surface area contributed by atoms with Crippen molar-refractivity contribution in [2.45, 2.75) is 5.41 Å². The van der Waals surface area contributed by atoms with Gasteiger partial charge in [0, 0.05) is 37.1 Å². The average molecular weight is 946 g/mol. The van der Waals surface area contributed by atoms with Gasteiger partial charge in [-0.15, -0.1) is 11.3 Å². The summed E-state index contributed by atoms with van der Waals surface area (Å²) in [7, 11) is 0. The molecule has 13 aromatic rings. The van der Waals surface area contributed by atoms with Gasteiger partial charge in [0.15, 0.2) is 0 Å². The molecule has 1 aliphatic rings. The van der Waals surface area contributed by atoms with Crippen LogP contribution in [0.5, 0.6) is 0 Å². The Balaban J connectivity index is 0.894. The molecule has 0 unspecified atom stereocenters. The van der Waals surface area contributed by atoms with Gasteiger partial charge in [-0.2, -0.15) is 0 Å². The molecule has 0 amide bonds. The first kappa shape index (κ1) is 42.8. The molecule has 0 atom stereocenters. The summed E-state index contributed by atoms with van der Waals surface area (Å²) in [5.74, 6) is 0. The summed E-state index contributed by atoms with van der Waals surface area (Å²) in [5, 5.41) is 5.11. The fourth-order valence-corrected chi connectivity index (χ4v) is 12.9. The summed E-state index contributed by atoms with van der Waals surface area (Å²) in [5.41, 5.74) is 20.0. The first-order chi connectivity index (χ1) is 36.2. The number of rotatable bonds is 9. The van der Waals surface area contributed by atoms with Crippen LogP contribution in [0.2, 0.25) is 0 Å². The number of fused-ring (bicyclic) bond motifs is 7. The number of hydrogen-bond donors (Lipinski definition) is 0. The highest BCUT2D eigenvalue weighted by molar-refractivity contribution is 7.25. The second-order valence-corrected chi connectivity index (χ2v) is 20.2. The van der Waals surface area contributed by atoms with Crippen molar-refractivity contribution in [2.24, 2.45) is 0 Å². The van der Waals surface area contributed by atoms with E-state index in [4.69, 9.17) is 0 Å². The van der Waals surface area contributed by atoms with Crippen molar-refractivity contribution >= 4 is 59.3 Å². The van der Waals surface area contributed by atoms with E-state index in [1.807, 2.05) is 11.3 Å². The number of hydrogen-bond acceptors (Lipinski definition) is 2. The molecule has 0 radical (unpaired) electrons. The summed E-state index contributed by atoms with van der Waals surface area (Å²) in [6.07, 6.45) is 0. The fourth-order valence-electron chi connectivity index (χ4n) is 11.8. The third kappa shape index (κ3) is 7.13. The monoisotopic (exact) mass is 945 g/mol. The maximum Gasteiger partial charge on any atom is 0.0713 e. The Morgan fingerprint density at radius 1 is 0.274 bits per heavy atom. The smallest absolute Gasteiger partial charge is 0.0713 e. The van der Waals surface area contributed by atoms with E-state index in [0.29, 0.717) is 0 Å². The highest BCUT2D eigenvalue weighted by Gasteiger charge is 2.46. The van der Waals surface area contributed by atoms with E-state index >= 15 is 0 Å². The third-order valence-electron chi connectivity index (χ3n) is 15.2. The van der Waals surface area contributed by atoms with Crippen LogP contribution in [0.1, 0.15) is 22.3 Å². The zero-order valence-electron chi connectivity index (χ0n) is 40.0. The molecule has 1 aliphatic carbocycles. The van der Waals surface area contributed by atoms with Crippen LogP contribution in [-0.2, 0) is 5.41 Å². The molecular weight excluding hydrogens is 899 g/mol. The highest BCUT2D eigenvalue weighted by atomic mass is 32.1. The molecule has 1 nitrogen and oxygen atoms in total. The molecular formula is C71H47NS. The molecule has 342 valence electrons. The van der Waals surface area contributed by atoms with Gasteiger partial charge in [-0.25, -0.2) is 0 Å².